The summed E-state index contributed by atoms with van der Waals surface area (Å²) >= 11 is 8.76. The third kappa shape index (κ3) is 2.40. The van der Waals surface area contributed by atoms with Crippen LogP contribution in [0.5, 0.6) is 0 Å². The second-order valence-corrected chi connectivity index (χ2v) is 4.67. The molecule has 7 heteroatoms. The Morgan fingerprint density at radius 3 is 2.56 bits per heavy atom. The maximum atomic E-state index is 11.1. The maximum absolute atomic E-state index is 11.1. The van der Waals surface area contributed by atoms with Crippen LogP contribution in [0.4, 0.5) is 4.79 Å². The van der Waals surface area contributed by atoms with Crippen molar-refractivity contribution in [1.82, 2.24) is 9.55 Å². The van der Waals surface area contributed by atoms with Crippen LogP contribution in [-0.2, 0) is 0 Å². The van der Waals surface area contributed by atoms with Gasteiger partial charge in [0.1, 0.15) is 6.10 Å². The van der Waals surface area contributed by atoms with Gasteiger partial charge in [0.05, 0.1) is 11.9 Å². The highest BCUT2D eigenvalue weighted by Gasteiger charge is 2.21. The van der Waals surface area contributed by atoms with Crippen LogP contribution in [0.1, 0.15) is 17.4 Å². The molecule has 2 aromatic rings. The monoisotopic (exact) mass is 330 g/mol. The molecule has 2 N–H and O–H groups in total. The van der Waals surface area contributed by atoms with E-state index in [1.807, 2.05) is 0 Å². The van der Waals surface area contributed by atoms with Crippen LogP contribution >= 0.6 is 27.5 Å². The van der Waals surface area contributed by atoms with Gasteiger partial charge < -0.3 is 10.2 Å². The summed E-state index contributed by atoms with van der Waals surface area (Å²) in [5, 5.41) is 19.7. The van der Waals surface area contributed by atoms with E-state index in [0.29, 0.717) is 10.6 Å². The largest absolute Gasteiger partial charge is 0.464 e. The predicted octanol–water partition coefficient (Wildman–Crippen LogP) is 2.91. The van der Waals surface area contributed by atoms with Gasteiger partial charge in [-0.2, -0.15) is 0 Å². The molecule has 0 amide bonds. The van der Waals surface area contributed by atoms with Gasteiger partial charge in [-0.05, 0) is 33.6 Å². The van der Waals surface area contributed by atoms with E-state index in [0.717, 1.165) is 4.57 Å². The summed E-state index contributed by atoms with van der Waals surface area (Å²) in [7, 11) is 0. The molecule has 0 spiro atoms. The van der Waals surface area contributed by atoms with Crippen molar-refractivity contribution in [2.75, 3.05) is 0 Å². The molecule has 0 fully saturated rings. The Morgan fingerprint density at radius 1 is 1.39 bits per heavy atom. The van der Waals surface area contributed by atoms with Crippen molar-refractivity contribution >= 4 is 33.6 Å². The minimum Gasteiger partial charge on any atom is -0.464 e. The third-order valence-electron chi connectivity index (χ3n) is 2.40. The fourth-order valence-corrected chi connectivity index (χ4v) is 2.12. The van der Waals surface area contributed by atoms with Gasteiger partial charge in [0.25, 0.3) is 0 Å². The first-order valence-electron chi connectivity index (χ1n) is 4.90. The topological polar surface area (TPSA) is 75.3 Å². The Kier molecular flexibility index (Phi) is 3.70. The molecule has 0 radical (unpaired) electrons. The van der Waals surface area contributed by atoms with Crippen LogP contribution in [-0.4, -0.2) is 25.9 Å². The minimum atomic E-state index is -1.22. The van der Waals surface area contributed by atoms with Gasteiger partial charge >= 0.3 is 6.09 Å². The van der Waals surface area contributed by atoms with Crippen LogP contribution < -0.4 is 0 Å². The molecule has 1 atom stereocenters. The smallest absolute Gasteiger partial charge is 0.418 e. The van der Waals surface area contributed by atoms with Gasteiger partial charge in [-0.3, -0.25) is 0 Å². The van der Waals surface area contributed by atoms with Gasteiger partial charge in [-0.25, -0.2) is 14.3 Å². The molecule has 1 aromatic carbocycles. The molecular weight excluding hydrogens is 323 g/mol. The third-order valence-corrected chi connectivity index (χ3v) is 3.21. The van der Waals surface area contributed by atoms with E-state index in [2.05, 4.69) is 20.9 Å². The molecule has 0 aliphatic rings. The van der Waals surface area contributed by atoms with Gasteiger partial charge in [-0.15, -0.1) is 0 Å². The van der Waals surface area contributed by atoms with Crippen molar-refractivity contribution in [2.24, 2.45) is 0 Å². The van der Waals surface area contributed by atoms with Crippen LogP contribution in [0.15, 0.2) is 35.2 Å². The first kappa shape index (κ1) is 13.1. The Balaban J connectivity index is 2.43. The van der Waals surface area contributed by atoms with E-state index in [-0.39, 0.29) is 10.4 Å². The SMILES string of the molecule is O=C(O)n1c(C(O)c2ccc(Cl)cc2)cnc1Br. The molecule has 94 valence electrons. The molecule has 1 aromatic heterocycles. The molecule has 1 heterocycles. The van der Waals surface area contributed by atoms with Crippen LogP contribution in [0, 0.1) is 0 Å². The van der Waals surface area contributed by atoms with Crippen molar-refractivity contribution in [3.8, 4) is 0 Å². The molecule has 1 unspecified atom stereocenters. The number of nitrogens with zero attached hydrogens (tertiary/aromatic N) is 2. The number of benzene rings is 1. The number of imidazole rings is 1. The van der Waals surface area contributed by atoms with E-state index in [1.54, 1.807) is 24.3 Å². The molecule has 5 nitrogen and oxygen atoms in total. The lowest BCUT2D eigenvalue weighted by molar-refractivity contribution is 0.182. The lowest BCUT2D eigenvalue weighted by Gasteiger charge is -2.12. The zero-order valence-electron chi connectivity index (χ0n) is 8.92. The van der Waals surface area contributed by atoms with Crippen molar-refractivity contribution in [3.63, 3.8) is 0 Å². The van der Waals surface area contributed by atoms with E-state index in [9.17, 15) is 9.90 Å². The maximum Gasteiger partial charge on any atom is 0.418 e. The summed E-state index contributed by atoms with van der Waals surface area (Å²) in [6.45, 7) is 0. The summed E-state index contributed by atoms with van der Waals surface area (Å²) in [5.41, 5.74) is 0.700. The number of halogens is 2. The fourth-order valence-electron chi connectivity index (χ4n) is 1.54. The van der Waals surface area contributed by atoms with Crippen LogP contribution in [0.2, 0.25) is 5.02 Å². The van der Waals surface area contributed by atoms with Crippen molar-refractivity contribution in [3.05, 3.63) is 51.5 Å². The van der Waals surface area contributed by atoms with E-state index < -0.39 is 12.2 Å². The lowest BCUT2D eigenvalue weighted by Crippen LogP contribution is -2.15. The number of aliphatic hydroxyl groups is 1. The number of rotatable bonds is 2. The van der Waals surface area contributed by atoms with Gasteiger partial charge in [0, 0.05) is 5.02 Å². The summed E-state index contributed by atoms with van der Waals surface area (Å²) in [4.78, 5) is 14.9. The molecule has 2 rings (SSSR count). The zero-order valence-corrected chi connectivity index (χ0v) is 11.3. The van der Waals surface area contributed by atoms with Gasteiger partial charge in [0.15, 0.2) is 4.73 Å². The highest BCUT2D eigenvalue weighted by atomic mass is 79.9. The Morgan fingerprint density at radius 2 is 2.00 bits per heavy atom. The molecule has 0 saturated heterocycles. The number of hydrogen-bond donors (Lipinski definition) is 2. The number of carboxylic acid groups (broad SMARTS) is 1. The summed E-state index contributed by atoms with van der Waals surface area (Å²) in [6.07, 6.45) is -1.00. The summed E-state index contributed by atoms with van der Waals surface area (Å²) in [6, 6.07) is 6.49. The number of carbonyl (C=O) groups is 1. The summed E-state index contributed by atoms with van der Waals surface area (Å²) in [5.74, 6) is 0. The first-order valence-corrected chi connectivity index (χ1v) is 6.07. The average molecular weight is 332 g/mol. The van der Waals surface area contributed by atoms with E-state index >= 15 is 0 Å². The minimum absolute atomic E-state index is 0.123. The van der Waals surface area contributed by atoms with Crippen molar-refractivity contribution in [2.45, 2.75) is 6.10 Å². The molecular formula is C11H8BrClN2O3. The second-order valence-electron chi connectivity index (χ2n) is 3.52. The number of aliphatic hydroxyl groups excluding tert-OH is 1. The van der Waals surface area contributed by atoms with E-state index in [1.165, 1.54) is 6.20 Å². The first-order chi connectivity index (χ1) is 8.50. The quantitative estimate of drug-likeness (QED) is 0.887. The zero-order chi connectivity index (χ0) is 13.3. The molecule has 0 bridgehead atoms. The average Bonchev–Trinajstić information content (AvgIpc) is 2.71. The van der Waals surface area contributed by atoms with Crippen LogP contribution in [0.3, 0.4) is 0 Å². The Labute approximate surface area is 116 Å². The van der Waals surface area contributed by atoms with Crippen molar-refractivity contribution < 1.29 is 15.0 Å². The van der Waals surface area contributed by atoms with Crippen LogP contribution in [0.25, 0.3) is 0 Å². The standard InChI is InChI=1S/C11H8BrClN2O3/c12-10-14-5-8(15(10)11(17)18)9(16)6-1-3-7(13)4-2-6/h1-5,9,16H,(H,17,18). The second kappa shape index (κ2) is 5.09. The summed E-state index contributed by atoms with van der Waals surface area (Å²) < 4.78 is 0.997. The van der Waals surface area contributed by atoms with Gasteiger partial charge in [-0.1, -0.05) is 23.7 Å². The highest BCUT2D eigenvalue weighted by Crippen LogP contribution is 2.25. The lowest BCUT2D eigenvalue weighted by atomic mass is 10.1. The number of aromatic nitrogens is 2. The van der Waals surface area contributed by atoms with E-state index in [4.69, 9.17) is 16.7 Å². The molecule has 0 aliphatic heterocycles. The van der Waals surface area contributed by atoms with Crippen molar-refractivity contribution in [1.29, 1.82) is 0 Å². The Bertz CT molecular complexity index is 582. The number of hydrogen-bond acceptors (Lipinski definition) is 3. The predicted molar refractivity (Wildman–Crippen MR) is 68.9 cm³/mol. The fraction of sp³-hybridized carbons (Fsp3) is 0.0909. The molecule has 0 aliphatic carbocycles. The molecule has 0 saturated carbocycles. The highest BCUT2D eigenvalue weighted by molar-refractivity contribution is 9.10. The van der Waals surface area contributed by atoms with Gasteiger partial charge in [0.2, 0.25) is 0 Å². The Hall–Kier alpha value is -1.37. The normalized spacial score (nSPS) is 12.4. The molecule has 18 heavy (non-hydrogen) atoms.